The first kappa shape index (κ1) is 12.6. The Bertz CT molecular complexity index is 566. The number of carbonyl (C=O) groups excluding carboxylic acids is 1. The fraction of sp³-hybridized carbons (Fsp3) is 0.611. The van der Waals surface area contributed by atoms with Crippen LogP contribution in [0.2, 0.25) is 0 Å². The van der Waals surface area contributed by atoms with Gasteiger partial charge in [0.05, 0.1) is 0 Å². The fourth-order valence-electron chi connectivity index (χ4n) is 5.44. The highest BCUT2D eigenvalue weighted by Gasteiger charge is 2.58. The number of fused-ring (bicyclic) bond motifs is 2. The summed E-state index contributed by atoms with van der Waals surface area (Å²) in [5, 5.41) is 3.79. The molecule has 5 atom stereocenters. The summed E-state index contributed by atoms with van der Waals surface area (Å²) in [5.74, 6) is 1.27. The van der Waals surface area contributed by atoms with Crippen LogP contribution < -0.4 is 5.32 Å². The summed E-state index contributed by atoms with van der Waals surface area (Å²) >= 11 is 0. The second kappa shape index (κ2) is 4.17. The van der Waals surface area contributed by atoms with Gasteiger partial charge in [-0.1, -0.05) is 31.2 Å². The topological polar surface area (TPSA) is 29.1 Å². The van der Waals surface area contributed by atoms with Crippen molar-refractivity contribution in [3.8, 4) is 0 Å². The van der Waals surface area contributed by atoms with E-state index in [2.05, 4.69) is 36.5 Å². The predicted molar refractivity (Wildman–Crippen MR) is 79.7 cm³/mol. The third-order valence-corrected chi connectivity index (χ3v) is 6.35. The maximum absolute atomic E-state index is 11.9. The van der Waals surface area contributed by atoms with E-state index in [0.29, 0.717) is 29.2 Å². The molecule has 5 rings (SSSR count). The molecular formula is C18H23NO. The summed E-state index contributed by atoms with van der Waals surface area (Å²) in [4.78, 5) is 11.9. The monoisotopic (exact) mass is 269 g/mol. The second-order valence-electron chi connectivity index (χ2n) is 7.01. The van der Waals surface area contributed by atoms with E-state index < -0.39 is 0 Å². The van der Waals surface area contributed by atoms with Crippen LogP contribution >= 0.6 is 0 Å². The fourth-order valence-corrected chi connectivity index (χ4v) is 5.44. The number of carbonyl (C=O) groups is 1. The van der Waals surface area contributed by atoms with Crippen molar-refractivity contribution in [3.63, 3.8) is 0 Å². The summed E-state index contributed by atoms with van der Waals surface area (Å²) in [7, 11) is 0. The lowest BCUT2D eigenvalue weighted by atomic mass is 9.48. The number of rotatable bonds is 2. The zero-order chi connectivity index (χ0) is 13.9. The van der Waals surface area contributed by atoms with Crippen molar-refractivity contribution in [2.45, 2.75) is 57.0 Å². The predicted octanol–water partition coefficient (Wildman–Crippen LogP) is 2.85. The first-order chi connectivity index (χ1) is 9.65. The van der Waals surface area contributed by atoms with Crippen molar-refractivity contribution < 1.29 is 4.79 Å². The number of Topliss-reactive ketones (excluding diaryl/α,β-unsaturated/α-hetero) is 1. The molecule has 2 aliphatic heterocycles. The highest BCUT2D eigenvalue weighted by Crippen LogP contribution is 2.56. The van der Waals surface area contributed by atoms with E-state index in [1.807, 2.05) is 0 Å². The van der Waals surface area contributed by atoms with Gasteiger partial charge in [0.1, 0.15) is 5.78 Å². The molecule has 2 heterocycles. The average Bonchev–Trinajstić information content (AvgIpc) is 2.46. The van der Waals surface area contributed by atoms with Gasteiger partial charge < -0.3 is 5.32 Å². The standard InChI is InChI=1S/C18H23NO/c1-3-18-10-17-13(11(2)20)9-15(18)16(19-17)8-12-6-4-5-7-14(12)18/h4-7,13,15-17,19H,3,8-10H2,1-2H3/t13?,15?,16?,17?,18-/m0/s1. The van der Waals surface area contributed by atoms with Crippen molar-refractivity contribution in [1.82, 2.24) is 5.32 Å². The Hall–Kier alpha value is -1.15. The molecule has 0 radical (unpaired) electrons. The van der Waals surface area contributed by atoms with Crippen LogP contribution in [0.25, 0.3) is 0 Å². The zero-order valence-electron chi connectivity index (χ0n) is 12.4. The molecule has 2 nitrogen and oxygen atoms in total. The first-order valence-electron chi connectivity index (χ1n) is 8.00. The largest absolute Gasteiger partial charge is 0.310 e. The van der Waals surface area contributed by atoms with Gasteiger partial charge in [-0.2, -0.15) is 0 Å². The zero-order valence-corrected chi connectivity index (χ0v) is 12.4. The van der Waals surface area contributed by atoms with E-state index in [0.717, 1.165) is 19.3 Å². The third kappa shape index (κ3) is 1.46. The minimum Gasteiger partial charge on any atom is -0.310 e. The Morgan fingerprint density at radius 1 is 1.35 bits per heavy atom. The normalized spacial score (nSPS) is 41.3. The lowest BCUT2D eigenvalue weighted by molar-refractivity contribution is -0.127. The second-order valence-corrected chi connectivity index (χ2v) is 7.01. The lowest BCUT2D eigenvalue weighted by Gasteiger charge is -2.61. The van der Waals surface area contributed by atoms with Gasteiger partial charge in [-0.25, -0.2) is 0 Å². The first-order valence-corrected chi connectivity index (χ1v) is 8.00. The summed E-state index contributed by atoms with van der Waals surface area (Å²) in [6, 6.07) is 9.98. The van der Waals surface area contributed by atoms with Crippen LogP contribution in [0.1, 0.15) is 44.2 Å². The van der Waals surface area contributed by atoms with Crippen LogP contribution in [0.15, 0.2) is 24.3 Å². The highest BCUT2D eigenvalue weighted by atomic mass is 16.1. The number of piperidine rings is 2. The molecule has 4 bridgehead atoms. The molecule has 2 aliphatic carbocycles. The minimum absolute atomic E-state index is 0.251. The summed E-state index contributed by atoms with van der Waals surface area (Å²) in [5.41, 5.74) is 3.43. The molecule has 1 aromatic rings. The number of benzene rings is 1. The van der Waals surface area contributed by atoms with Crippen LogP contribution in [-0.4, -0.2) is 17.9 Å². The number of ketones is 1. The Labute approximate surface area is 121 Å². The molecule has 4 aliphatic rings. The summed E-state index contributed by atoms with van der Waals surface area (Å²) < 4.78 is 0. The minimum atomic E-state index is 0.251. The smallest absolute Gasteiger partial charge is 0.134 e. The van der Waals surface area contributed by atoms with Gasteiger partial charge in [0.2, 0.25) is 0 Å². The number of hydrogen-bond acceptors (Lipinski definition) is 2. The van der Waals surface area contributed by atoms with Crippen LogP contribution in [0, 0.1) is 11.8 Å². The Kier molecular flexibility index (Phi) is 2.62. The molecule has 3 fully saturated rings. The van der Waals surface area contributed by atoms with E-state index in [9.17, 15) is 4.79 Å². The van der Waals surface area contributed by atoms with Gasteiger partial charge in [-0.15, -0.1) is 0 Å². The molecule has 20 heavy (non-hydrogen) atoms. The quantitative estimate of drug-likeness (QED) is 0.894. The lowest BCUT2D eigenvalue weighted by Crippen LogP contribution is -2.69. The van der Waals surface area contributed by atoms with E-state index >= 15 is 0 Å². The van der Waals surface area contributed by atoms with E-state index in [1.54, 1.807) is 12.5 Å². The van der Waals surface area contributed by atoms with Gasteiger partial charge in [-0.05, 0) is 49.7 Å². The van der Waals surface area contributed by atoms with Crippen molar-refractivity contribution in [1.29, 1.82) is 0 Å². The summed E-state index contributed by atoms with van der Waals surface area (Å²) in [6.07, 6.45) is 4.59. The molecule has 1 aromatic carbocycles. The Balaban J connectivity index is 1.83. The molecule has 0 aromatic heterocycles. The van der Waals surface area contributed by atoms with Crippen LogP contribution in [0.3, 0.4) is 0 Å². The maximum Gasteiger partial charge on any atom is 0.134 e. The molecule has 2 heteroatoms. The Morgan fingerprint density at radius 2 is 2.15 bits per heavy atom. The van der Waals surface area contributed by atoms with Gasteiger partial charge in [0.25, 0.3) is 0 Å². The van der Waals surface area contributed by atoms with Gasteiger partial charge in [0, 0.05) is 23.4 Å². The van der Waals surface area contributed by atoms with Crippen LogP contribution in [0.5, 0.6) is 0 Å². The molecule has 1 N–H and O–H groups in total. The van der Waals surface area contributed by atoms with Crippen molar-refractivity contribution in [2.24, 2.45) is 11.8 Å². The molecule has 0 amide bonds. The third-order valence-electron chi connectivity index (χ3n) is 6.35. The number of hydrogen-bond donors (Lipinski definition) is 1. The van der Waals surface area contributed by atoms with Gasteiger partial charge >= 0.3 is 0 Å². The Morgan fingerprint density at radius 3 is 2.85 bits per heavy atom. The van der Waals surface area contributed by atoms with Crippen molar-refractivity contribution >= 4 is 5.78 Å². The van der Waals surface area contributed by atoms with Gasteiger partial charge in [0.15, 0.2) is 0 Å². The van der Waals surface area contributed by atoms with Crippen molar-refractivity contribution in [3.05, 3.63) is 35.4 Å². The van der Waals surface area contributed by atoms with Crippen LogP contribution in [-0.2, 0) is 16.6 Å². The molecular weight excluding hydrogens is 246 g/mol. The van der Waals surface area contributed by atoms with Crippen molar-refractivity contribution in [2.75, 3.05) is 0 Å². The molecule has 0 spiro atoms. The van der Waals surface area contributed by atoms with E-state index in [1.165, 1.54) is 12.0 Å². The van der Waals surface area contributed by atoms with Gasteiger partial charge in [-0.3, -0.25) is 4.79 Å². The summed E-state index contributed by atoms with van der Waals surface area (Å²) in [6.45, 7) is 4.11. The average molecular weight is 269 g/mol. The highest BCUT2D eigenvalue weighted by molar-refractivity contribution is 5.79. The van der Waals surface area contributed by atoms with E-state index in [-0.39, 0.29) is 5.92 Å². The molecule has 4 unspecified atom stereocenters. The maximum atomic E-state index is 11.9. The van der Waals surface area contributed by atoms with E-state index in [4.69, 9.17) is 0 Å². The number of nitrogens with one attached hydrogen (secondary N) is 1. The SMILES string of the molecule is CC[C@]12CC3NC(Cc4ccccc41)C2CC3C(C)=O. The molecule has 1 saturated carbocycles. The van der Waals surface area contributed by atoms with Crippen LogP contribution in [0.4, 0.5) is 0 Å². The molecule has 106 valence electrons. The molecule has 2 saturated heterocycles.